The van der Waals surface area contributed by atoms with Crippen molar-refractivity contribution < 1.29 is 36.8 Å². The standard InChI is InChI=1S/C23H35F3N2O5/c1-21(2,15-32-20-10-6-7-12-31-20)17-13-16(33-27-17)14-18(29)22(3,4)28(5)19(30)9-8-11-23(24,25)26/h13,20H,6-12,14-15H2,1-5H3. The van der Waals surface area contributed by atoms with Crippen LogP contribution in [0.3, 0.4) is 0 Å². The number of likely N-dealkylation sites (N-methyl/N-ethyl adjacent to an activating group) is 1. The fourth-order valence-electron chi connectivity index (χ4n) is 3.41. The number of Topliss-reactive ketones (excluding diaryl/α,β-unsaturated/α-hetero) is 1. The van der Waals surface area contributed by atoms with Crippen LogP contribution >= 0.6 is 0 Å². The summed E-state index contributed by atoms with van der Waals surface area (Å²) in [7, 11) is 1.42. The Morgan fingerprint density at radius 2 is 1.91 bits per heavy atom. The van der Waals surface area contributed by atoms with E-state index in [2.05, 4.69) is 5.16 Å². The molecule has 188 valence electrons. The molecule has 10 heteroatoms. The Bertz CT molecular complexity index is 798. The summed E-state index contributed by atoms with van der Waals surface area (Å²) in [5, 5.41) is 4.10. The topological polar surface area (TPSA) is 81.9 Å². The predicted molar refractivity (Wildman–Crippen MR) is 115 cm³/mol. The van der Waals surface area contributed by atoms with Crippen LogP contribution in [0.1, 0.15) is 77.7 Å². The molecule has 1 aliphatic rings. The smallest absolute Gasteiger partial charge is 0.361 e. The molecule has 1 aromatic heterocycles. The van der Waals surface area contributed by atoms with Gasteiger partial charge in [-0.15, -0.1) is 0 Å². The van der Waals surface area contributed by atoms with E-state index in [0.717, 1.165) is 19.3 Å². The average molecular weight is 477 g/mol. The summed E-state index contributed by atoms with van der Waals surface area (Å²) >= 11 is 0. The van der Waals surface area contributed by atoms with E-state index in [1.165, 1.54) is 11.9 Å². The highest BCUT2D eigenvalue weighted by Gasteiger charge is 2.36. The van der Waals surface area contributed by atoms with Gasteiger partial charge in [0, 0.05) is 38.0 Å². The third-order valence-corrected chi connectivity index (χ3v) is 6.10. The molecule has 2 heterocycles. The van der Waals surface area contributed by atoms with E-state index in [0.29, 0.717) is 24.7 Å². The summed E-state index contributed by atoms with van der Waals surface area (Å²) in [5.41, 5.74) is -1.04. The zero-order valence-corrected chi connectivity index (χ0v) is 20.1. The first-order valence-corrected chi connectivity index (χ1v) is 11.3. The molecule has 1 saturated heterocycles. The van der Waals surface area contributed by atoms with Crippen molar-refractivity contribution >= 4 is 11.7 Å². The first-order valence-electron chi connectivity index (χ1n) is 11.3. The fraction of sp³-hybridized carbons (Fsp3) is 0.783. The normalized spacial score (nSPS) is 17.8. The first-order chi connectivity index (χ1) is 15.2. The van der Waals surface area contributed by atoms with Crippen molar-refractivity contribution in [2.45, 2.75) is 96.1 Å². The maximum absolute atomic E-state index is 12.9. The molecule has 1 amide bonds. The Morgan fingerprint density at radius 3 is 2.52 bits per heavy atom. The van der Waals surface area contributed by atoms with Gasteiger partial charge in [-0.3, -0.25) is 9.59 Å². The second-order valence-electron chi connectivity index (χ2n) is 9.75. The molecule has 1 aliphatic heterocycles. The molecule has 33 heavy (non-hydrogen) atoms. The van der Waals surface area contributed by atoms with Gasteiger partial charge >= 0.3 is 6.18 Å². The minimum absolute atomic E-state index is 0.0944. The van der Waals surface area contributed by atoms with Gasteiger partial charge in [0.1, 0.15) is 5.76 Å². The number of hydrogen-bond acceptors (Lipinski definition) is 6. The van der Waals surface area contributed by atoms with Crippen LogP contribution in [0.25, 0.3) is 0 Å². The average Bonchev–Trinajstić information content (AvgIpc) is 3.21. The van der Waals surface area contributed by atoms with Gasteiger partial charge in [0.25, 0.3) is 0 Å². The first kappa shape index (κ1) is 27.3. The summed E-state index contributed by atoms with van der Waals surface area (Å²) in [6.45, 7) is 8.11. The van der Waals surface area contributed by atoms with Crippen LogP contribution in [0.15, 0.2) is 10.6 Å². The molecule has 1 aromatic rings. The highest BCUT2D eigenvalue weighted by atomic mass is 19.4. The lowest BCUT2D eigenvalue weighted by atomic mass is 9.89. The van der Waals surface area contributed by atoms with Crippen molar-refractivity contribution in [2.24, 2.45) is 0 Å². The van der Waals surface area contributed by atoms with Crippen LogP contribution < -0.4 is 0 Å². The third-order valence-electron chi connectivity index (χ3n) is 6.10. The number of alkyl halides is 3. The number of ether oxygens (including phenoxy) is 2. The Morgan fingerprint density at radius 1 is 1.21 bits per heavy atom. The van der Waals surface area contributed by atoms with Crippen LogP contribution in [0.2, 0.25) is 0 Å². The number of rotatable bonds is 11. The van der Waals surface area contributed by atoms with Crippen molar-refractivity contribution in [3.8, 4) is 0 Å². The third kappa shape index (κ3) is 8.10. The summed E-state index contributed by atoms with van der Waals surface area (Å²) in [6, 6.07) is 1.70. The van der Waals surface area contributed by atoms with Gasteiger partial charge in [-0.1, -0.05) is 19.0 Å². The number of amides is 1. The van der Waals surface area contributed by atoms with Crippen LogP contribution in [-0.2, 0) is 30.9 Å². The molecule has 0 N–H and O–H groups in total. The highest BCUT2D eigenvalue weighted by molar-refractivity contribution is 5.93. The molecular formula is C23H35F3N2O5. The molecule has 1 unspecified atom stereocenters. The lowest BCUT2D eigenvalue weighted by molar-refractivity contribution is -0.170. The number of carbonyl (C=O) groups is 2. The van der Waals surface area contributed by atoms with Crippen LogP contribution in [0.4, 0.5) is 13.2 Å². The number of aromatic nitrogens is 1. The van der Waals surface area contributed by atoms with Crippen LogP contribution in [-0.4, -0.2) is 60.0 Å². The second-order valence-corrected chi connectivity index (χ2v) is 9.75. The van der Waals surface area contributed by atoms with Crippen LogP contribution in [0.5, 0.6) is 0 Å². The molecule has 0 radical (unpaired) electrons. The molecule has 0 saturated carbocycles. The number of halogens is 3. The summed E-state index contributed by atoms with van der Waals surface area (Å²) in [6.07, 6.45) is -3.30. The van der Waals surface area contributed by atoms with Gasteiger partial charge in [0.05, 0.1) is 24.3 Å². The lowest BCUT2D eigenvalue weighted by Gasteiger charge is -2.34. The van der Waals surface area contributed by atoms with Gasteiger partial charge < -0.3 is 18.9 Å². The van der Waals surface area contributed by atoms with Gasteiger partial charge in [-0.25, -0.2) is 0 Å². The van der Waals surface area contributed by atoms with E-state index in [1.807, 2.05) is 13.8 Å². The summed E-state index contributed by atoms with van der Waals surface area (Å²) < 4.78 is 53.8. The van der Waals surface area contributed by atoms with E-state index >= 15 is 0 Å². The summed E-state index contributed by atoms with van der Waals surface area (Å²) in [4.78, 5) is 26.4. The molecule has 0 spiro atoms. The van der Waals surface area contributed by atoms with Gasteiger partial charge in [0.15, 0.2) is 12.1 Å². The Kier molecular flexibility index (Phi) is 9.09. The summed E-state index contributed by atoms with van der Waals surface area (Å²) in [5.74, 6) is -0.469. The van der Waals surface area contributed by atoms with E-state index in [1.54, 1.807) is 19.9 Å². The predicted octanol–water partition coefficient (Wildman–Crippen LogP) is 4.58. The zero-order valence-electron chi connectivity index (χ0n) is 20.1. The molecule has 0 bridgehead atoms. The molecule has 0 aliphatic carbocycles. The Balaban J connectivity index is 1.92. The molecule has 1 fully saturated rings. The van der Waals surface area contributed by atoms with E-state index < -0.39 is 29.5 Å². The molecular weight excluding hydrogens is 441 g/mol. The number of carbonyl (C=O) groups excluding carboxylic acids is 2. The Hall–Kier alpha value is -1.94. The van der Waals surface area contributed by atoms with Crippen molar-refractivity contribution in [1.29, 1.82) is 0 Å². The van der Waals surface area contributed by atoms with E-state index in [-0.39, 0.29) is 31.3 Å². The fourth-order valence-corrected chi connectivity index (χ4v) is 3.41. The minimum atomic E-state index is -4.31. The van der Waals surface area contributed by atoms with E-state index in [9.17, 15) is 22.8 Å². The van der Waals surface area contributed by atoms with Gasteiger partial charge in [0.2, 0.25) is 5.91 Å². The molecule has 0 aromatic carbocycles. The highest BCUT2D eigenvalue weighted by Crippen LogP contribution is 2.27. The second kappa shape index (κ2) is 11.0. The van der Waals surface area contributed by atoms with Gasteiger partial charge in [-0.05, 0) is 39.5 Å². The van der Waals surface area contributed by atoms with Crippen molar-refractivity contribution in [3.63, 3.8) is 0 Å². The largest absolute Gasteiger partial charge is 0.389 e. The van der Waals surface area contributed by atoms with Crippen molar-refractivity contribution in [1.82, 2.24) is 10.1 Å². The molecule has 1 atom stereocenters. The molecule has 2 rings (SSSR count). The van der Waals surface area contributed by atoms with Gasteiger partial charge in [-0.2, -0.15) is 13.2 Å². The van der Waals surface area contributed by atoms with Crippen LogP contribution in [0, 0.1) is 0 Å². The number of hydrogen-bond donors (Lipinski definition) is 0. The maximum Gasteiger partial charge on any atom is 0.389 e. The SMILES string of the molecule is CN(C(=O)CCCC(F)(F)F)C(C)(C)C(=O)Cc1cc(C(C)(C)COC2CCCCO2)no1. The quantitative estimate of drug-likeness (QED) is 0.465. The van der Waals surface area contributed by atoms with Crippen molar-refractivity contribution in [2.75, 3.05) is 20.3 Å². The maximum atomic E-state index is 12.9. The van der Waals surface area contributed by atoms with Crippen molar-refractivity contribution in [3.05, 3.63) is 17.5 Å². The monoisotopic (exact) mass is 476 g/mol. The number of nitrogens with zero attached hydrogens (tertiary/aromatic N) is 2. The molecule has 7 nitrogen and oxygen atoms in total. The zero-order chi connectivity index (χ0) is 24.9. The Labute approximate surface area is 192 Å². The minimum Gasteiger partial charge on any atom is -0.361 e. The number of ketones is 1. The lowest BCUT2D eigenvalue weighted by Crippen LogP contribution is -2.51. The van der Waals surface area contributed by atoms with E-state index in [4.69, 9.17) is 14.0 Å².